The maximum absolute atomic E-state index is 11.8. The molecule has 0 unspecified atom stereocenters. The first-order valence-corrected chi connectivity index (χ1v) is 18.7. The molecule has 0 aromatic heterocycles. The van der Waals surface area contributed by atoms with Crippen molar-refractivity contribution in [3.63, 3.8) is 0 Å². The molecule has 10 rings (SSSR count). The molecule has 5 nitrogen and oxygen atoms in total. The van der Waals surface area contributed by atoms with Crippen LogP contribution >= 0.6 is 0 Å². The van der Waals surface area contributed by atoms with Crippen LogP contribution in [0.4, 0.5) is 0 Å². The monoisotopic (exact) mass is 658 g/mol. The predicted octanol–water partition coefficient (Wildman–Crippen LogP) is 10.2. The molecule has 8 saturated carbocycles. The Kier molecular flexibility index (Phi) is 8.24. The number of hydrogen-bond donors (Lipinski definition) is 2. The average molecular weight is 659 g/mol. The summed E-state index contributed by atoms with van der Waals surface area (Å²) in [6, 6.07) is 16.3. The molecule has 0 aliphatic heterocycles. The van der Waals surface area contributed by atoms with Crippen molar-refractivity contribution in [2.45, 2.75) is 78.1 Å². The van der Waals surface area contributed by atoms with Gasteiger partial charge in [-0.15, -0.1) is 0 Å². The predicted molar refractivity (Wildman–Crippen MR) is 194 cm³/mol. The van der Waals surface area contributed by atoms with Crippen molar-refractivity contribution < 1.29 is 24.5 Å². The zero-order valence-corrected chi connectivity index (χ0v) is 28.9. The highest BCUT2D eigenvalue weighted by atomic mass is 16.5. The van der Waals surface area contributed by atoms with Gasteiger partial charge in [-0.3, -0.25) is 0 Å². The lowest BCUT2D eigenvalue weighted by atomic mass is 9.41. The zero-order valence-electron chi connectivity index (χ0n) is 28.9. The first kappa shape index (κ1) is 32.4. The van der Waals surface area contributed by atoms with Gasteiger partial charge in [0.25, 0.3) is 0 Å². The third-order valence-electron chi connectivity index (χ3n) is 14.4. The summed E-state index contributed by atoms with van der Waals surface area (Å²) in [6.45, 7) is 5.06. The van der Waals surface area contributed by atoms with Gasteiger partial charge in [-0.2, -0.15) is 0 Å². The number of benzene rings is 2. The third kappa shape index (κ3) is 5.62. The lowest BCUT2D eigenvalue weighted by molar-refractivity contribution is -0.132. The minimum absolute atomic E-state index is 0.0937. The molecule has 2 aromatic carbocycles. The molecule has 8 aliphatic carbocycles. The van der Waals surface area contributed by atoms with Crippen LogP contribution in [0, 0.1) is 58.2 Å². The van der Waals surface area contributed by atoms with E-state index >= 15 is 0 Å². The van der Waals surface area contributed by atoms with Crippen LogP contribution in [0.25, 0.3) is 23.8 Å². The van der Waals surface area contributed by atoms with Gasteiger partial charge in [0.2, 0.25) is 0 Å². The standard InChI is InChI=1S/C44H50O5/c1-43(34-19-27-17-28(21-34)22-35(43)20-27)41(38-10-6-5-9-33(38)12-14-40(47)48)42(44(2)36-23-29-18-30(25-36)26-37(44)24-29)49-16-15-32-8-4-3-7-31(32)11-13-39(45)46/h3-16,27-30,34-37H,17-26H2,1-2H3,(H,45,46)(H,47,48). The number of aliphatic carboxylic acids is 2. The topological polar surface area (TPSA) is 83.8 Å². The molecule has 0 saturated heterocycles. The van der Waals surface area contributed by atoms with Gasteiger partial charge in [0.1, 0.15) is 5.76 Å². The first-order valence-electron chi connectivity index (χ1n) is 18.7. The van der Waals surface area contributed by atoms with Gasteiger partial charge in [-0.05, 0) is 152 Å². The van der Waals surface area contributed by atoms with Crippen molar-refractivity contribution >= 4 is 35.7 Å². The van der Waals surface area contributed by atoms with E-state index in [-0.39, 0.29) is 10.8 Å². The summed E-state index contributed by atoms with van der Waals surface area (Å²) in [5.41, 5.74) is 4.89. The average Bonchev–Trinajstić information content (AvgIpc) is 3.07. The minimum atomic E-state index is -0.973. The third-order valence-corrected chi connectivity index (χ3v) is 14.4. The first-order chi connectivity index (χ1) is 23.6. The van der Waals surface area contributed by atoms with Crippen molar-refractivity contribution in [1.82, 2.24) is 0 Å². The molecular weight excluding hydrogens is 608 g/mol. The van der Waals surface area contributed by atoms with E-state index in [1.807, 2.05) is 42.7 Å². The molecule has 2 aromatic rings. The summed E-state index contributed by atoms with van der Waals surface area (Å²) in [6.07, 6.45) is 22.6. The highest BCUT2D eigenvalue weighted by Crippen LogP contribution is 2.71. The summed E-state index contributed by atoms with van der Waals surface area (Å²) in [5, 5.41) is 19.0. The molecule has 0 radical (unpaired) electrons. The fraction of sp³-hybridized carbons (Fsp3) is 0.500. The molecule has 2 N–H and O–H groups in total. The van der Waals surface area contributed by atoms with Gasteiger partial charge >= 0.3 is 11.9 Å². The van der Waals surface area contributed by atoms with Crippen LogP contribution in [-0.4, -0.2) is 22.2 Å². The Bertz CT molecular complexity index is 1700. The van der Waals surface area contributed by atoms with Gasteiger partial charge in [-0.25, -0.2) is 9.59 Å². The second-order valence-electron chi connectivity index (χ2n) is 16.9. The Morgan fingerprint density at radius 3 is 1.49 bits per heavy atom. The zero-order chi connectivity index (χ0) is 33.9. The van der Waals surface area contributed by atoms with E-state index in [1.165, 1.54) is 81.9 Å². The molecule has 0 spiro atoms. The van der Waals surface area contributed by atoms with Gasteiger partial charge in [0.15, 0.2) is 0 Å². The normalized spacial score (nSPS) is 37.8. The summed E-state index contributed by atoms with van der Waals surface area (Å²) in [4.78, 5) is 23.2. The Morgan fingerprint density at radius 2 is 1.00 bits per heavy atom. The number of rotatable bonds is 10. The van der Waals surface area contributed by atoms with Crippen LogP contribution < -0.4 is 0 Å². The number of carboxylic acid groups (broad SMARTS) is 2. The maximum Gasteiger partial charge on any atom is 0.328 e. The smallest absolute Gasteiger partial charge is 0.328 e. The maximum atomic E-state index is 11.8. The number of carbonyl (C=O) groups is 2. The lowest BCUT2D eigenvalue weighted by Gasteiger charge is -2.64. The SMILES string of the molecule is CC1(C(OC=Cc2ccccc2C=CC(=O)O)=C(c2ccccc2C=CC(=O)O)C2(C)C3CC4CC(C3)CC2C4)C2CC3CC(C2)CC1C3. The van der Waals surface area contributed by atoms with E-state index in [0.717, 1.165) is 51.7 Å². The van der Waals surface area contributed by atoms with E-state index < -0.39 is 11.9 Å². The molecule has 256 valence electrons. The van der Waals surface area contributed by atoms with Crippen LogP contribution in [0.5, 0.6) is 0 Å². The van der Waals surface area contributed by atoms with E-state index in [4.69, 9.17) is 4.74 Å². The fourth-order valence-electron chi connectivity index (χ4n) is 12.4. The highest BCUT2D eigenvalue weighted by molar-refractivity contribution is 5.88. The van der Waals surface area contributed by atoms with Crippen molar-refractivity contribution in [3.8, 4) is 0 Å². The summed E-state index contributed by atoms with van der Waals surface area (Å²) < 4.78 is 7.29. The molecule has 0 atom stereocenters. The molecule has 8 fully saturated rings. The minimum Gasteiger partial charge on any atom is -0.478 e. The largest absolute Gasteiger partial charge is 0.478 e. The molecule has 8 aliphatic rings. The number of hydrogen-bond acceptors (Lipinski definition) is 3. The van der Waals surface area contributed by atoms with Crippen LogP contribution in [0.2, 0.25) is 0 Å². The number of allylic oxidation sites excluding steroid dienone is 2. The Hall–Kier alpha value is -3.86. The van der Waals surface area contributed by atoms with Crippen molar-refractivity contribution in [1.29, 1.82) is 0 Å². The Balaban J connectivity index is 1.34. The molecule has 0 heterocycles. The van der Waals surface area contributed by atoms with E-state index in [1.54, 1.807) is 12.2 Å². The molecule has 8 bridgehead atoms. The number of carboxylic acids is 2. The summed E-state index contributed by atoms with van der Waals surface area (Å²) in [5.74, 6) is 4.69. The van der Waals surface area contributed by atoms with Crippen LogP contribution in [-0.2, 0) is 14.3 Å². The molecule has 49 heavy (non-hydrogen) atoms. The quantitative estimate of drug-likeness (QED) is 0.196. The number of ether oxygens (including phenoxy) is 1. The Morgan fingerprint density at radius 1 is 0.592 bits per heavy atom. The van der Waals surface area contributed by atoms with Crippen LogP contribution in [0.1, 0.15) is 100 Å². The van der Waals surface area contributed by atoms with Gasteiger partial charge in [-0.1, -0.05) is 62.4 Å². The van der Waals surface area contributed by atoms with E-state index in [9.17, 15) is 19.8 Å². The summed E-state index contributed by atoms with van der Waals surface area (Å²) >= 11 is 0. The van der Waals surface area contributed by atoms with Gasteiger partial charge < -0.3 is 14.9 Å². The van der Waals surface area contributed by atoms with E-state index in [2.05, 4.69) is 32.0 Å². The molecular formula is C44H50O5. The van der Waals surface area contributed by atoms with Crippen LogP contribution in [0.3, 0.4) is 0 Å². The van der Waals surface area contributed by atoms with Gasteiger partial charge in [0.05, 0.1) is 6.26 Å². The van der Waals surface area contributed by atoms with E-state index in [0.29, 0.717) is 23.7 Å². The fourth-order valence-corrected chi connectivity index (χ4v) is 12.4. The second-order valence-corrected chi connectivity index (χ2v) is 16.9. The second kappa shape index (κ2) is 12.5. The van der Waals surface area contributed by atoms with Gasteiger partial charge in [0, 0.05) is 28.6 Å². The lowest BCUT2D eigenvalue weighted by Crippen LogP contribution is -2.55. The van der Waals surface area contributed by atoms with Crippen molar-refractivity contribution in [3.05, 3.63) is 95.0 Å². The highest BCUT2D eigenvalue weighted by Gasteiger charge is 2.62. The summed E-state index contributed by atoms with van der Waals surface area (Å²) in [7, 11) is 0. The van der Waals surface area contributed by atoms with Crippen LogP contribution in [0.15, 0.2) is 72.7 Å². The molecule has 0 amide bonds. The van der Waals surface area contributed by atoms with Crippen molar-refractivity contribution in [2.24, 2.45) is 58.2 Å². The molecule has 5 heteroatoms. The van der Waals surface area contributed by atoms with Crippen molar-refractivity contribution in [2.75, 3.05) is 0 Å². The Labute approximate surface area is 290 Å².